The van der Waals surface area contributed by atoms with E-state index in [0.29, 0.717) is 5.89 Å². The van der Waals surface area contributed by atoms with E-state index in [9.17, 15) is 0 Å². The first-order chi connectivity index (χ1) is 10.2. The van der Waals surface area contributed by atoms with Gasteiger partial charge in [-0.25, -0.2) is 4.98 Å². The Morgan fingerprint density at radius 1 is 0.857 bits per heavy atom. The monoisotopic (exact) mass is 278 g/mol. The van der Waals surface area contributed by atoms with Crippen molar-refractivity contribution in [2.75, 3.05) is 0 Å². The van der Waals surface area contributed by atoms with Crippen LogP contribution >= 0.6 is 0 Å². The van der Waals surface area contributed by atoms with Crippen molar-refractivity contribution in [3.63, 3.8) is 0 Å². The van der Waals surface area contributed by atoms with Crippen molar-refractivity contribution in [3.8, 4) is 0 Å². The molecule has 0 saturated carbocycles. The predicted molar refractivity (Wildman–Crippen MR) is 80.8 cm³/mol. The van der Waals surface area contributed by atoms with Crippen LogP contribution in [0.1, 0.15) is 11.6 Å². The third kappa shape index (κ3) is 3.02. The van der Waals surface area contributed by atoms with E-state index in [-0.39, 0.29) is 0 Å². The van der Waals surface area contributed by atoms with Gasteiger partial charge in [0.05, 0.1) is 17.2 Å². The molecule has 0 unspecified atom stereocenters. The van der Waals surface area contributed by atoms with Gasteiger partial charge in [0, 0.05) is 25.0 Å². The van der Waals surface area contributed by atoms with Crippen LogP contribution in [-0.4, -0.2) is 19.9 Å². The van der Waals surface area contributed by atoms with E-state index in [4.69, 9.17) is 4.42 Å². The summed E-state index contributed by atoms with van der Waals surface area (Å²) in [7, 11) is 0. The summed E-state index contributed by atoms with van der Waals surface area (Å²) in [5, 5.41) is 0. The molecule has 0 aliphatic rings. The molecule has 4 aromatic heterocycles. The third-order valence-corrected chi connectivity index (χ3v) is 2.89. The van der Waals surface area contributed by atoms with Crippen molar-refractivity contribution in [3.05, 3.63) is 60.5 Å². The number of pyridine rings is 3. The van der Waals surface area contributed by atoms with Crippen LogP contribution < -0.4 is 0 Å². The van der Waals surface area contributed by atoms with E-state index in [2.05, 4.69) is 19.9 Å². The van der Waals surface area contributed by atoms with Crippen LogP contribution in [0.15, 0.2) is 53.3 Å². The molecule has 4 aromatic rings. The van der Waals surface area contributed by atoms with E-state index >= 15 is 0 Å². The summed E-state index contributed by atoms with van der Waals surface area (Å²) >= 11 is 0. The molecule has 0 aliphatic carbocycles. The van der Waals surface area contributed by atoms with Gasteiger partial charge in [-0.3, -0.25) is 15.0 Å². The third-order valence-electron chi connectivity index (χ3n) is 2.89. The summed E-state index contributed by atoms with van der Waals surface area (Å²) in [6.07, 6.45) is 5.14. The first-order valence-corrected chi connectivity index (χ1v) is 6.58. The minimum atomic E-state index is 0.683. The molecule has 0 radical (unpaired) electrons. The average Bonchev–Trinajstić information content (AvgIpc) is 2.88. The van der Waals surface area contributed by atoms with Crippen molar-refractivity contribution in [1.82, 2.24) is 19.9 Å². The molecule has 5 heteroatoms. The van der Waals surface area contributed by atoms with Gasteiger partial charge in [0.15, 0.2) is 11.5 Å². The maximum Gasteiger partial charge on any atom is 0.192 e. The van der Waals surface area contributed by atoms with Crippen molar-refractivity contribution < 1.29 is 4.42 Å². The molecular formula is C16H14N4O. The highest BCUT2D eigenvalue weighted by atomic mass is 16.3. The summed E-state index contributed by atoms with van der Waals surface area (Å²) in [6, 6.07) is 9.64. The van der Waals surface area contributed by atoms with Gasteiger partial charge in [-0.1, -0.05) is 0 Å². The standard InChI is InChI=1S/C9H8N2.C7H6N2O/c1-7-4-5-8-9(11-7)3-2-6-10-8;1-5-9-6-2-3-8-4-7(6)10-5/h2-6H,1H3;2-4H,1H3. The molecule has 0 saturated heterocycles. The van der Waals surface area contributed by atoms with Crippen molar-refractivity contribution >= 4 is 22.1 Å². The molecule has 4 heterocycles. The lowest BCUT2D eigenvalue weighted by Gasteiger charge is -1.95. The number of nitrogens with zero attached hydrogens (tertiary/aromatic N) is 4. The van der Waals surface area contributed by atoms with Crippen LogP contribution in [0.25, 0.3) is 22.1 Å². The molecule has 0 N–H and O–H groups in total. The van der Waals surface area contributed by atoms with Crippen LogP contribution in [0.3, 0.4) is 0 Å². The second-order valence-electron chi connectivity index (χ2n) is 4.57. The zero-order valence-corrected chi connectivity index (χ0v) is 11.8. The second-order valence-corrected chi connectivity index (χ2v) is 4.57. The first kappa shape index (κ1) is 13.2. The van der Waals surface area contributed by atoms with Crippen molar-refractivity contribution in [1.29, 1.82) is 0 Å². The van der Waals surface area contributed by atoms with Gasteiger partial charge in [-0.15, -0.1) is 0 Å². The Kier molecular flexibility index (Phi) is 3.55. The van der Waals surface area contributed by atoms with E-state index in [1.807, 2.05) is 44.2 Å². The van der Waals surface area contributed by atoms with Crippen LogP contribution in [0, 0.1) is 13.8 Å². The molecule has 104 valence electrons. The van der Waals surface area contributed by atoms with Gasteiger partial charge in [0.1, 0.15) is 5.52 Å². The van der Waals surface area contributed by atoms with Crippen molar-refractivity contribution in [2.45, 2.75) is 13.8 Å². The Labute approximate surface area is 121 Å². The summed E-state index contributed by atoms with van der Waals surface area (Å²) < 4.78 is 5.19. The molecule has 5 nitrogen and oxygen atoms in total. The lowest BCUT2D eigenvalue weighted by Crippen LogP contribution is -1.83. The summed E-state index contributed by atoms with van der Waals surface area (Å²) in [5.41, 5.74) is 4.57. The zero-order valence-electron chi connectivity index (χ0n) is 11.8. The Balaban J connectivity index is 0.000000126. The van der Waals surface area contributed by atoms with Gasteiger partial charge in [0.2, 0.25) is 0 Å². The Hall–Kier alpha value is -2.82. The molecule has 4 rings (SSSR count). The average molecular weight is 278 g/mol. The summed E-state index contributed by atoms with van der Waals surface area (Å²) in [6.45, 7) is 3.80. The molecule has 0 atom stereocenters. The maximum atomic E-state index is 5.19. The molecule has 0 aromatic carbocycles. The number of aryl methyl sites for hydroxylation is 2. The second kappa shape index (κ2) is 5.66. The fraction of sp³-hybridized carbons (Fsp3) is 0.125. The van der Waals surface area contributed by atoms with E-state index in [1.54, 1.807) is 18.6 Å². The molecule has 0 spiro atoms. The fourth-order valence-corrected chi connectivity index (χ4v) is 1.95. The number of hydrogen-bond acceptors (Lipinski definition) is 5. The molecule has 0 bridgehead atoms. The number of oxazole rings is 1. The van der Waals surface area contributed by atoms with Gasteiger partial charge >= 0.3 is 0 Å². The molecular weight excluding hydrogens is 264 g/mol. The predicted octanol–water partition coefficient (Wildman–Crippen LogP) is 3.47. The van der Waals surface area contributed by atoms with Crippen LogP contribution in [0.4, 0.5) is 0 Å². The lowest BCUT2D eigenvalue weighted by molar-refractivity contribution is 0.560. The van der Waals surface area contributed by atoms with Gasteiger partial charge in [-0.05, 0) is 37.3 Å². The lowest BCUT2D eigenvalue weighted by atomic mass is 10.3. The van der Waals surface area contributed by atoms with Gasteiger partial charge in [0.25, 0.3) is 0 Å². The number of hydrogen-bond donors (Lipinski definition) is 0. The van der Waals surface area contributed by atoms with Crippen molar-refractivity contribution in [2.24, 2.45) is 0 Å². The Morgan fingerprint density at radius 3 is 2.62 bits per heavy atom. The van der Waals surface area contributed by atoms with Crippen LogP contribution in [-0.2, 0) is 0 Å². The highest BCUT2D eigenvalue weighted by Crippen LogP contribution is 2.11. The number of rotatable bonds is 0. The quantitative estimate of drug-likeness (QED) is 0.493. The molecule has 21 heavy (non-hydrogen) atoms. The molecule has 0 fully saturated rings. The highest BCUT2D eigenvalue weighted by molar-refractivity contribution is 5.73. The SMILES string of the molecule is Cc1ccc2ncccc2n1.Cc1nc2ccncc2o1. The van der Waals surface area contributed by atoms with E-state index < -0.39 is 0 Å². The fourth-order valence-electron chi connectivity index (χ4n) is 1.95. The molecule has 0 amide bonds. The smallest absolute Gasteiger partial charge is 0.192 e. The minimum Gasteiger partial charge on any atom is -0.439 e. The van der Waals surface area contributed by atoms with E-state index in [1.165, 1.54) is 0 Å². The van der Waals surface area contributed by atoms with Crippen LogP contribution in [0.2, 0.25) is 0 Å². The Bertz CT molecular complexity index is 852. The zero-order chi connectivity index (χ0) is 14.7. The minimum absolute atomic E-state index is 0.683. The number of fused-ring (bicyclic) bond motifs is 2. The Morgan fingerprint density at radius 2 is 1.76 bits per heavy atom. The first-order valence-electron chi connectivity index (χ1n) is 6.58. The molecule has 0 aliphatic heterocycles. The largest absolute Gasteiger partial charge is 0.439 e. The maximum absolute atomic E-state index is 5.19. The van der Waals surface area contributed by atoms with Gasteiger partial charge in [-0.2, -0.15) is 0 Å². The van der Waals surface area contributed by atoms with E-state index in [0.717, 1.165) is 27.8 Å². The van der Waals surface area contributed by atoms with Gasteiger partial charge < -0.3 is 4.42 Å². The normalized spacial score (nSPS) is 10.4. The highest BCUT2D eigenvalue weighted by Gasteiger charge is 1.98. The summed E-state index contributed by atoms with van der Waals surface area (Å²) in [5.74, 6) is 0.683. The van der Waals surface area contributed by atoms with Crippen LogP contribution in [0.5, 0.6) is 0 Å². The number of aromatic nitrogens is 4. The summed E-state index contributed by atoms with van der Waals surface area (Å²) in [4.78, 5) is 16.5. The topological polar surface area (TPSA) is 64.7 Å².